The third-order valence-corrected chi connectivity index (χ3v) is 4.75. The number of benzene rings is 1. The minimum absolute atomic E-state index is 0.0866. The molecular weight excluding hydrogens is 354 g/mol. The van der Waals surface area contributed by atoms with Gasteiger partial charge in [0.1, 0.15) is 11.8 Å². The fraction of sp³-hybridized carbons (Fsp3) is 0.364. The molecule has 1 aromatic heterocycles. The Kier molecular flexibility index (Phi) is 7.62. The van der Waals surface area contributed by atoms with Crippen LogP contribution in [0.5, 0.6) is 0 Å². The summed E-state index contributed by atoms with van der Waals surface area (Å²) in [7, 11) is 0. The summed E-state index contributed by atoms with van der Waals surface area (Å²) in [5.74, 6) is 0.625. The smallest absolute Gasteiger partial charge is 0.327 e. The Morgan fingerprint density at radius 1 is 1.29 bits per heavy atom. The quantitative estimate of drug-likeness (QED) is 0.786. The van der Waals surface area contributed by atoms with Crippen LogP contribution in [0.3, 0.4) is 0 Å². The van der Waals surface area contributed by atoms with Crippen LogP contribution in [0, 0.1) is 11.3 Å². The number of imidazole rings is 1. The summed E-state index contributed by atoms with van der Waals surface area (Å²) in [5.41, 5.74) is 5.20. The highest BCUT2D eigenvalue weighted by Gasteiger charge is 2.17. The van der Waals surface area contributed by atoms with Crippen LogP contribution in [-0.2, 0) is 16.0 Å². The van der Waals surface area contributed by atoms with Crippen molar-refractivity contribution in [1.29, 1.82) is 5.26 Å². The first kappa shape index (κ1) is 21.0. The van der Waals surface area contributed by atoms with Gasteiger partial charge >= 0.3 is 6.15 Å². The van der Waals surface area contributed by atoms with Crippen molar-refractivity contribution in [3.05, 3.63) is 58.7 Å². The third kappa shape index (κ3) is 5.35. The molecule has 6 nitrogen and oxygen atoms in total. The zero-order valence-corrected chi connectivity index (χ0v) is 16.1. The monoisotopic (exact) mass is 377 g/mol. The van der Waals surface area contributed by atoms with Gasteiger partial charge in [0.25, 0.3) is 0 Å². The molecule has 1 aliphatic carbocycles. The molecule has 1 aromatic carbocycles. The second kappa shape index (κ2) is 10.1. The van der Waals surface area contributed by atoms with E-state index in [4.69, 9.17) is 14.9 Å². The molecule has 6 heteroatoms. The maximum absolute atomic E-state index is 12.6. The molecular formula is C22H23N3O3. The van der Waals surface area contributed by atoms with E-state index in [9.17, 15) is 4.79 Å². The third-order valence-electron chi connectivity index (χ3n) is 4.75. The van der Waals surface area contributed by atoms with Crippen LogP contribution in [0.4, 0.5) is 0 Å². The molecule has 0 saturated heterocycles. The standard InChI is InChI=1S/C21H23N3O.CO2/c1-14(2)16-8-9-17(19(10-16)15-6-4-3-5-7-15)11-20(25)21-23-13-18(12-22)24-21;2-1-3/h6,8-10,13-14H,3-5,7,11H2,1-2H3,(H,23,24);. The molecule has 0 spiro atoms. The average molecular weight is 377 g/mol. The molecule has 0 amide bonds. The van der Waals surface area contributed by atoms with Gasteiger partial charge in [-0.1, -0.05) is 38.1 Å². The second-order valence-electron chi connectivity index (χ2n) is 6.99. The summed E-state index contributed by atoms with van der Waals surface area (Å²) in [4.78, 5) is 35.6. The Morgan fingerprint density at radius 2 is 2.04 bits per heavy atom. The summed E-state index contributed by atoms with van der Waals surface area (Å²) in [6.45, 7) is 4.37. The van der Waals surface area contributed by atoms with Crippen LogP contribution >= 0.6 is 0 Å². The normalized spacial score (nSPS) is 13.0. The van der Waals surface area contributed by atoms with Gasteiger partial charge in [-0.05, 0) is 53.9 Å². The molecule has 0 bridgehead atoms. The van der Waals surface area contributed by atoms with Crippen LogP contribution in [0.25, 0.3) is 5.57 Å². The molecule has 1 N–H and O–H groups in total. The van der Waals surface area contributed by atoms with Crippen molar-refractivity contribution < 1.29 is 14.4 Å². The maximum Gasteiger partial charge on any atom is 0.373 e. The highest BCUT2D eigenvalue weighted by Crippen LogP contribution is 2.32. The summed E-state index contributed by atoms with van der Waals surface area (Å²) >= 11 is 0. The van der Waals surface area contributed by atoms with E-state index in [0.717, 1.165) is 18.4 Å². The summed E-state index contributed by atoms with van der Waals surface area (Å²) in [5, 5.41) is 8.88. The molecule has 1 heterocycles. The fourth-order valence-electron chi connectivity index (χ4n) is 3.27. The van der Waals surface area contributed by atoms with Crippen molar-refractivity contribution in [2.24, 2.45) is 0 Å². The van der Waals surface area contributed by atoms with Crippen LogP contribution in [-0.4, -0.2) is 21.9 Å². The molecule has 0 fully saturated rings. The number of hydrogen-bond donors (Lipinski definition) is 1. The molecule has 0 atom stereocenters. The van der Waals surface area contributed by atoms with Gasteiger partial charge < -0.3 is 4.98 Å². The highest BCUT2D eigenvalue weighted by atomic mass is 16.2. The molecule has 0 unspecified atom stereocenters. The topological polar surface area (TPSA) is 104 Å². The van der Waals surface area contributed by atoms with E-state index in [-0.39, 0.29) is 17.8 Å². The molecule has 144 valence electrons. The molecule has 0 aliphatic heterocycles. The number of hydrogen-bond acceptors (Lipinski definition) is 5. The summed E-state index contributed by atoms with van der Waals surface area (Å²) in [6.07, 6.45) is 8.89. The first-order valence-electron chi connectivity index (χ1n) is 9.30. The van der Waals surface area contributed by atoms with Gasteiger partial charge in [0.15, 0.2) is 5.82 Å². The largest absolute Gasteiger partial charge is 0.373 e. The lowest BCUT2D eigenvalue weighted by atomic mass is 9.86. The number of rotatable bonds is 5. The summed E-state index contributed by atoms with van der Waals surface area (Å²) in [6, 6.07) is 8.40. The molecule has 2 aromatic rings. The number of carbonyl (C=O) groups is 1. The van der Waals surface area contributed by atoms with Crippen LogP contribution < -0.4 is 0 Å². The molecule has 0 radical (unpaired) electrons. The van der Waals surface area contributed by atoms with Gasteiger partial charge in [0, 0.05) is 6.42 Å². The van der Waals surface area contributed by atoms with E-state index in [2.05, 4.69) is 48.1 Å². The van der Waals surface area contributed by atoms with Crippen molar-refractivity contribution in [1.82, 2.24) is 9.97 Å². The minimum atomic E-state index is -0.0866. The fourth-order valence-corrected chi connectivity index (χ4v) is 3.27. The Morgan fingerprint density at radius 3 is 2.61 bits per heavy atom. The predicted octanol–water partition coefficient (Wildman–Crippen LogP) is 4.20. The number of nitriles is 1. The Hall–Kier alpha value is -3.29. The first-order valence-corrected chi connectivity index (χ1v) is 9.30. The van der Waals surface area contributed by atoms with Crippen LogP contribution in [0.2, 0.25) is 0 Å². The summed E-state index contributed by atoms with van der Waals surface area (Å²) < 4.78 is 0. The maximum atomic E-state index is 12.6. The van der Waals surface area contributed by atoms with Crippen LogP contribution in [0.1, 0.15) is 78.5 Å². The zero-order chi connectivity index (χ0) is 20.5. The first-order chi connectivity index (χ1) is 13.5. The Labute approximate surface area is 164 Å². The SMILES string of the molecule is CC(C)c1ccc(CC(=O)c2ncc(C#N)[nH]2)c(C2=CCCCC2)c1.O=C=O. The van der Waals surface area contributed by atoms with Crippen molar-refractivity contribution in [3.8, 4) is 6.07 Å². The second-order valence-corrected chi connectivity index (χ2v) is 6.99. The number of aromatic nitrogens is 2. The average Bonchev–Trinajstić information content (AvgIpc) is 3.19. The van der Waals surface area contributed by atoms with E-state index in [1.165, 1.54) is 35.7 Å². The number of nitrogens with zero attached hydrogens (tertiary/aromatic N) is 2. The van der Waals surface area contributed by atoms with Crippen molar-refractivity contribution in [2.75, 3.05) is 0 Å². The number of carbonyl (C=O) groups excluding carboxylic acids is 3. The van der Waals surface area contributed by atoms with Gasteiger partial charge in [0.2, 0.25) is 5.78 Å². The Bertz CT molecular complexity index is 942. The van der Waals surface area contributed by atoms with Gasteiger partial charge in [-0.2, -0.15) is 14.9 Å². The number of ketones is 1. The molecule has 1 aliphatic rings. The van der Waals surface area contributed by atoms with Gasteiger partial charge in [-0.25, -0.2) is 4.98 Å². The number of nitrogens with one attached hydrogen (secondary N) is 1. The van der Waals surface area contributed by atoms with E-state index >= 15 is 0 Å². The number of aromatic amines is 1. The lowest BCUT2D eigenvalue weighted by Gasteiger charge is -2.18. The Balaban J connectivity index is 0.000000878. The number of Topliss-reactive ketones (excluding diaryl/α,β-unsaturated/α-hetero) is 1. The van der Waals surface area contributed by atoms with E-state index in [1.807, 2.05) is 6.07 Å². The number of allylic oxidation sites excluding steroid dienone is 2. The van der Waals surface area contributed by atoms with Gasteiger partial charge in [-0.3, -0.25) is 4.79 Å². The van der Waals surface area contributed by atoms with Crippen molar-refractivity contribution in [2.45, 2.75) is 51.9 Å². The predicted molar refractivity (Wildman–Crippen MR) is 103 cm³/mol. The number of H-pyrrole nitrogens is 1. The zero-order valence-electron chi connectivity index (χ0n) is 16.1. The van der Waals surface area contributed by atoms with Crippen molar-refractivity contribution in [3.63, 3.8) is 0 Å². The lowest BCUT2D eigenvalue weighted by Crippen LogP contribution is -2.09. The lowest BCUT2D eigenvalue weighted by molar-refractivity contribution is -0.191. The molecule has 3 rings (SSSR count). The van der Waals surface area contributed by atoms with Gasteiger partial charge in [0.05, 0.1) is 6.20 Å². The van der Waals surface area contributed by atoms with Crippen LogP contribution in [0.15, 0.2) is 30.5 Å². The highest BCUT2D eigenvalue weighted by molar-refractivity contribution is 5.95. The van der Waals surface area contributed by atoms with Crippen molar-refractivity contribution >= 4 is 17.5 Å². The molecule has 0 saturated carbocycles. The minimum Gasteiger partial charge on any atom is -0.327 e. The van der Waals surface area contributed by atoms with E-state index in [0.29, 0.717) is 18.0 Å². The molecule has 28 heavy (non-hydrogen) atoms. The van der Waals surface area contributed by atoms with Gasteiger partial charge in [-0.15, -0.1) is 0 Å². The van der Waals surface area contributed by atoms with E-state index in [1.54, 1.807) is 0 Å². The van der Waals surface area contributed by atoms with E-state index < -0.39 is 0 Å².